The van der Waals surface area contributed by atoms with E-state index in [1.807, 2.05) is 12.3 Å². The van der Waals surface area contributed by atoms with Gasteiger partial charge in [-0.05, 0) is 24.5 Å². The Morgan fingerprint density at radius 1 is 1.11 bits per heavy atom. The van der Waals surface area contributed by atoms with Crippen LogP contribution in [0.3, 0.4) is 0 Å². The van der Waals surface area contributed by atoms with Gasteiger partial charge in [0, 0.05) is 24.7 Å². The Morgan fingerprint density at radius 2 is 1.89 bits per heavy atom. The van der Waals surface area contributed by atoms with Gasteiger partial charge in [0.15, 0.2) is 0 Å². The SMILES string of the molecule is CCCCCCCC(=O)Cc1ccc(CC)cn1. The summed E-state index contributed by atoms with van der Waals surface area (Å²) in [6, 6.07) is 4.05. The minimum atomic E-state index is 0.322. The maximum atomic E-state index is 11.8. The number of carbonyl (C=O) groups excluding carboxylic acids is 1. The molecule has 1 heterocycles. The van der Waals surface area contributed by atoms with Crippen LogP contribution in [0.1, 0.15) is 63.6 Å². The molecule has 0 aromatic carbocycles. The number of Topliss-reactive ketones (excluding diaryl/α,β-unsaturated/α-hetero) is 1. The molecule has 0 aliphatic heterocycles. The molecule has 0 saturated heterocycles. The predicted octanol–water partition coefficient (Wildman–Crippen LogP) is 4.12. The number of aromatic nitrogens is 1. The molecule has 0 atom stereocenters. The van der Waals surface area contributed by atoms with E-state index < -0.39 is 0 Å². The number of carbonyl (C=O) groups is 1. The lowest BCUT2D eigenvalue weighted by molar-refractivity contribution is -0.118. The first-order valence-corrected chi connectivity index (χ1v) is 7.21. The van der Waals surface area contributed by atoms with Gasteiger partial charge in [-0.1, -0.05) is 45.6 Å². The molecule has 0 bridgehead atoms. The summed E-state index contributed by atoms with van der Waals surface area (Å²) in [4.78, 5) is 16.1. The van der Waals surface area contributed by atoms with E-state index in [1.54, 1.807) is 0 Å². The van der Waals surface area contributed by atoms with Gasteiger partial charge in [0.05, 0.1) is 0 Å². The summed E-state index contributed by atoms with van der Waals surface area (Å²) in [6.07, 6.45) is 10.1. The molecule has 0 aliphatic rings. The highest BCUT2D eigenvalue weighted by molar-refractivity contribution is 5.80. The Hall–Kier alpha value is -1.18. The molecule has 0 N–H and O–H groups in total. The van der Waals surface area contributed by atoms with Gasteiger partial charge in [-0.3, -0.25) is 9.78 Å². The van der Waals surface area contributed by atoms with Gasteiger partial charge in [0.1, 0.15) is 5.78 Å². The molecule has 100 valence electrons. The molecular formula is C16H25NO. The van der Waals surface area contributed by atoms with E-state index in [4.69, 9.17) is 0 Å². The second-order valence-corrected chi connectivity index (χ2v) is 4.89. The van der Waals surface area contributed by atoms with Crippen molar-refractivity contribution in [1.29, 1.82) is 0 Å². The largest absolute Gasteiger partial charge is 0.299 e. The number of aryl methyl sites for hydroxylation is 1. The summed E-state index contributed by atoms with van der Waals surface area (Å²) in [7, 11) is 0. The summed E-state index contributed by atoms with van der Waals surface area (Å²) in [6.45, 7) is 4.31. The van der Waals surface area contributed by atoms with Gasteiger partial charge in [-0.15, -0.1) is 0 Å². The van der Waals surface area contributed by atoms with Gasteiger partial charge in [-0.25, -0.2) is 0 Å². The van der Waals surface area contributed by atoms with Crippen LogP contribution in [-0.2, 0) is 17.6 Å². The Labute approximate surface area is 111 Å². The normalized spacial score (nSPS) is 10.6. The van der Waals surface area contributed by atoms with Crippen LogP contribution in [0.4, 0.5) is 0 Å². The summed E-state index contributed by atoms with van der Waals surface area (Å²) >= 11 is 0. The second-order valence-electron chi connectivity index (χ2n) is 4.89. The zero-order valence-electron chi connectivity index (χ0n) is 11.7. The van der Waals surface area contributed by atoms with Gasteiger partial charge in [0.2, 0.25) is 0 Å². The zero-order valence-corrected chi connectivity index (χ0v) is 11.7. The van der Waals surface area contributed by atoms with E-state index in [2.05, 4.69) is 24.9 Å². The lowest BCUT2D eigenvalue weighted by Crippen LogP contribution is -2.04. The molecule has 1 aromatic heterocycles. The minimum absolute atomic E-state index is 0.322. The first kappa shape index (κ1) is 14.9. The molecule has 0 saturated carbocycles. The highest BCUT2D eigenvalue weighted by atomic mass is 16.1. The van der Waals surface area contributed by atoms with Crippen molar-refractivity contribution in [2.24, 2.45) is 0 Å². The van der Waals surface area contributed by atoms with Crippen LogP contribution < -0.4 is 0 Å². The quantitative estimate of drug-likeness (QED) is 0.614. The van der Waals surface area contributed by atoms with Crippen molar-refractivity contribution in [1.82, 2.24) is 4.98 Å². The summed E-state index contributed by atoms with van der Waals surface area (Å²) in [5.74, 6) is 0.322. The van der Waals surface area contributed by atoms with Gasteiger partial charge in [-0.2, -0.15) is 0 Å². The van der Waals surface area contributed by atoms with Crippen LogP contribution in [0, 0.1) is 0 Å². The predicted molar refractivity (Wildman–Crippen MR) is 75.7 cm³/mol. The van der Waals surface area contributed by atoms with E-state index in [-0.39, 0.29) is 0 Å². The third-order valence-electron chi connectivity index (χ3n) is 3.23. The highest BCUT2D eigenvalue weighted by Gasteiger charge is 2.04. The van der Waals surface area contributed by atoms with Crippen LogP contribution in [0.15, 0.2) is 18.3 Å². The number of unbranched alkanes of at least 4 members (excludes halogenated alkanes) is 4. The molecule has 0 radical (unpaired) electrons. The van der Waals surface area contributed by atoms with Crippen molar-refractivity contribution in [3.05, 3.63) is 29.6 Å². The lowest BCUT2D eigenvalue weighted by atomic mass is 10.1. The molecule has 18 heavy (non-hydrogen) atoms. The summed E-state index contributed by atoms with van der Waals surface area (Å²) in [5.41, 5.74) is 2.14. The third kappa shape index (κ3) is 5.95. The second kappa shape index (κ2) is 8.84. The number of ketones is 1. The van der Waals surface area contributed by atoms with Crippen LogP contribution >= 0.6 is 0 Å². The van der Waals surface area contributed by atoms with Crippen LogP contribution in [0.2, 0.25) is 0 Å². The topological polar surface area (TPSA) is 30.0 Å². The third-order valence-corrected chi connectivity index (χ3v) is 3.23. The molecule has 0 unspecified atom stereocenters. The standard InChI is InChI=1S/C16H25NO/c1-3-5-6-7-8-9-16(18)12-15-11-10-14(4-2)13-17-15/h10-11,13H,3-9,12H2,1-2H3. The number of hydrogen-bond acceptors (Lipinski definition) is 2. The first-order chi connectivity index (χ1) is 8.76. The number of pyridine rings is 1. The van der Waals surface area contributed by atoms with E-state index >= 15 is 0 Å². The molecule has 0 amide bonds. The highest BCUT2D eigenvalue weighted by Crippen LogP contribution is 2.08. The molecule has 0 aliphatic carbocycles. The van der Waals surface area contributed by atoms with Crippen molar-refractivity contribution in [3.8, 4) is 0 Å². The molecule has 1 aromatic rings. The smallest absolute Gasteiger partial charge is 0.138 e. The van der Waals surface area contributed by atoms with Crippen LogP contribution in [0.5, 0.6) is 0 Å². The summed E-state index contributed by atoms with van der Waals surface area (Å²) in [5, 5.41) is 0. The van der Waals surface area contributed by atoms with Gasteiger partial charge < -0.3 is 0 Å². The fraction of sp³-hybridized carbons (Fsp3) is 0.625. The van der Waals surface area contributed by atoms with Crippen molar-refractivity contribution >= 4 is 5.78 Å². The van der Waals surface area contributed by atoms with E-state index in [0.29, 0.717) is 18.6 Å². The molecule has 2 heteroatoms. The Morgan fingerprint density at radius 3 is 2.50 bits per heavy atom. The minimum Gasteiger partial charge on any atom is -0.299 e. The van der Waals surface area contributed by atoms with Gasteiger partial charge in [0.25, 0.3) is 0 Å². The number of hydrogen-bond donors (Lipinski definition) is 0. The molecule has 0 spiro atoms. The fourth-order valence-electron chi connectivity index (χ4n) is 1.98. The average molecular weight is 247 g/mol. The van der Waals surface area contributed by atoms with E-state index in [1.165, 1.54) is 31.2 Å². The Kier molecular flexibility index (Phi) is 7.31. The van der Waals surface area contributed by atoms with E-state index in [0.717, 1.165) is 18.5 Å². The number of nitrogens with zero attached hydrogens (tertiary/aromatic N) is 1. The van der Waals surface area contributed by atoms with Crippen molar-refractivity contribution in [2.45, 2.75) is 65.2 Å². The van der Waals surface area contributed by atoms with Crippen molar-refractivity contribution < 1.29 is 4.79 Å². The van der Waals surface area contributed by atoms with Gasteiger partial charge >= 0.3 is 0 Å². The van der Waals surface area contributed by atoms with Crippen molar-refractivity contribution in [3.63, 3.8) is 0 Å². The molecular weight excluding hydrogens is 222 g/mol. The zero-order chi connectivity index (χ0) is 13.2. The maximum absolute atomic E-state index is 11.8. The molecule has 2 nitrogen and oxygen atoms in total. The maximum Gasteiger partial charge on any atom is 0.138 e. The Bertz CT molecular complexity index is 343. The first-order valence-electron chi connectivity index (χ1n) is 7.21. The van der Waals surface area contributed by atoms with Crippen molar-refractivity contribution in [2.75, 3.05) is 0 Å². The monoisotopic (exact) mass is 247 g/mol. The van der Waals surface area contributed by atoms with E-state index in [9.17, 15) is 4.79 Å². The Balaban J connectivity index is 2.22. The number of rotatable bonds is 9. The van der Waals surface area contributed by atoms with Crippen LogP contribution in [0.25, 0.3) is 0 Å². The molecule has 0 fully saturated rings. The fourth-order valence-corrected chi connectivity index (χ4v) is 1.98. The molecule has 1 rings (SSSR count). The summed E-state index contributed by atoms with van der Waals surface area (Å²) < 4.78 is 0. The average Bonchev–Trinajstić information content (AvgIpc) is 2.39. The van der Waals surface area contributed by atoms with Crippen LogP contribution in [-0.4, -0.2) is 10.8 Å². The lowest BCUT2D eigenvalue weighted by Gasteiger charge is -2.02.